The van der Waals surface area contributed by atoms with Gasteiger partial charge in [-0.1, -0.05) is 5.16 Å². The first kappa shape index (κ1) is 12.4. The topological polar surface area (TPSA) is 70.5 Å². The molecule has 0 unspecified atom stereocenters. The Labute approximate surface area is 105 Å². The molecule has 5 heteroatoms. The number of rotatable bonds is 5. The lowest BCUT2D eigenvalue weighted by atomic mass is 10.1. The molecule has 0 aliphatic carbocycles. The fourth-order valence-electron chi connectivity index (χ4n) is 1.71. The van der Waals surface area contributed by atoms with E-state index in [4.69, 9.17) is 19.7 Å². The molecule has 96 valence electrons. The summed E-state index contributed by atoms with van der Waals surface area (Å²) in [7, 11) is 3.24. The normalized spacial score (nSPS) is 10.4. The van der Waals surface area contributed by atoms with E-state index in [1.54, 1.807) is 14.2 Å². The van der Waals surface area contributed by atoms with Crippen LogP contribution in [0.5, 0.6) is 11.5 Å². The lowest BCUT2D eigenvalue weighted by Gasteiger charge is -2.07. The van der Waals surface area contributed by atoms with Crippen LogP contribution in [0.25, 0.3) is 11.3 Å². The molecule has 0 saturated carbocycles. The molecular formula is C13H16N2O3. The highest BCUT2D eigenvalue weighted by molar-refractivity contribution is 5.68. The molecule has 0 spiro atoms. The third kappa shape index (κ3) is 2.46. The second kappa shape index (κ2) is 5.55. The average molecular weight is 248 g/mol. The zero-order valence-corrected chi connectivity index (χ0v) is 10.5. The van der Waals surface area contributed by atoms with E-state index in [1.807, 2.05) is 24.3 Å². The fourth-order valence-corrected chi connectivity index (χ4v) is 1.71. The molecule has 2 N–H and O–H groups in total. The Morgan fingerprint density at radius 1 is 1.22 bits per heavy atom. The summed E-state index contributed by atoms with van der Waals surface area (Å²) in [5.74, 6) is 2.23. The molecule has 1 aromatic heterocycles. The maximum absolute atomic E-state index is 5.48. The van der Waals surface area contributed by atoms with Crippen LogP contribution in [0, 0.1) is 0 Å². The van der Waals surface area contributed by atoms with E-state index in [2.05, 4.69) is 5.16 Å². The average Bonchev–Trinajstić information content (AvgIpc) is 2.87. The molecule has 0 radical (unpaired) electrons. The molecular weight excluding hydrogens is 232 g/mol. The van der Waals surface area contributed by atoms with Gasteiger partial charge in [0.15, 0.2) is 0 Å². The van der Waals surface area contributed by atoms with Gasteiger partial charge in [-0.2, -0.15) is 0 Å². The van der Waals surface area contributed by atoms with Gasteiger partial charge in [-0.05, 0) is 24.7 Å². The van der Waals surface area contributed by atoms with Crippen LogP contribution in [0.1, 0.15) is 5.76 Å². The van der Waals surface area contributed by atoms with Gasteiger partial charge >= 0.3 is 0 Å². The Bertz CT molecular complexity index is 523. The maximum atomic E-state index is 5.48. The van der Waals surface area contributed by atoms with Crippen LogP contribution in [0.3, 0.4) is 0 Å². The van der Waals surface area contributed by atoms with E-state index in [1.165, 1.54) is 0 Å². The standard InChI is InChI=1S/C13H16N2O3/c1-16-9-3-4-13(17-2)11(7-9)12-8-10(5-6-14)18-15-12/h3-4,7-8H,5-6,14H2,1-2H3. The van der Waals surface area contributed by atoms with Gasteiger partial charge in [0.2, 0.25) is 0 Å². The van der Waals surface area contributed by atoms with E-state index in [0.717, 1.165) is 22.8 Å². The Hall–Kier alpha value is -2.01. The summed E-state index contributed by atoms with van der Waals surface area (Å²) in [5, 5.41) is 4.02. The van der Waals surface area contributed by atoms with Gasteiger partial charge in [0.1, 0.15) is 23.0 Å². The predicted octanol–water partition coefficient (Wildman–Crippen LogP) is 1.86. The van der Waals surface area contributed by atoms with Crippen molar-refractivity contribution in [2.24, 2.45) is 5.73 Å². The van der Waals surface area contributed by atoms with E-state index >= 15 is 0 Å². The molecule has 18 heavy (non-hydrogen) atoms. The van der Waals surface area contributed by atoms with Crippen LogP contribution in [0.15, 0.2) is 28.8 Å². The summed E-state index contributed by atoms with van der Waals surface area (Å²) >= 11 is 0. The van der Waals surface area contributed by atoms with Gasteiger partial charge in [0.25, 0.3) is 0 Å². The monoisotopic (exact) mass is 248 g/mol. The van der Waals surface area contributed by atoms with Gasteiger partial charge in [-0.3, -0.25) is 0 Å². The highest BCUT2D eigenvalue weighted by atomic mass is 16.5. The zero-order valence-electron chi connectivity index (χ0n) is 10.5. The van der Waals surface area contributed by atoms with Crippen molar-refractivity contribution in [3.05, 3.63) is 30.0 Å². The van der Waals surface area contributed by atoms with Crippen molar-refractivity contribution < 1.29 is 14.0 Å². The van der Waals surface area contributed by atoms with Crippen molar-refractivity contribution in [3.8, 4) is 22.8 Å². The highest BCUT2D eigenvalue weighted by Crippen LogP contribution is 2.32. The van der Waals surface area contributed by atoms with Crippen LogP contribution < -0.4 is 15.2 Å². The summed E-state index contributed by atoms with van der Waals surface area (Å²) in [6.45, 7) is 0.532. The minimum absolute atomic E-state index is 0.532. The molecule has 0 aliphatic heterocycles. The SMILES string of the molecule is COc1ccc(OC)c(-c2cc(CCN)on2)c1. The molecule has 0 amide bonds. The molecule has 2 rings (SSSR count). The number of aromatic nitrogens is 1. The van der Waals surface area contributed by atoms with E-state index in [-0.39, 0.29) is 0 Å². The zero-order chi connectivity index (χ0) is 13.0. The lowest BCUT2D eigenvalue weighted by Crippen LogP contribution is -2.01. The Morgan fingerprint density at radius 2 is 2.06 bits per heavy atom. The lowest BCUT2D eigenvalue weighted by molar-refractivity contribution is 0.384. The Kier molecular flexibility index (Phi) is 3.84. The quantitative estimate of drug-likeness (QED) is 0.874. The summed E-state index contributed by atoms with van der Waals surface area (Å²) in [4.78, 5) is 0. The summed E-state index contributed by atoms with van der Waals surface area (Å²) < 4.78 is 15.7. The second-order valence-corrected chi connectivity index (χ2v) is 3.78. The molecule has 0 fully saturated rings. The maximum Gasteiger partial charge on any atom is 0.138 e. The molecule has 5 nitrogen and oxygen atoms in total. The van der Waals surface area contributed by atoms with Crippen molar-refractivity contribution in [2.75, 3.05) is 20.8 Å². The van der Waals surface area contributed by atoms with Crippen molar-refractivity contribution in [1.82, 2.24) is 5.16 Å². The van der Waals surface area contributed by atoms with Gasteiger partial charge in [-0.25, -0.2) is 0 Å². The minimum atomic E-state index is 0.532. The van der Waals surface area contributed by atoms with Crippen LogP contribution in [0.2, 0.25) is 0 Å². The van der Waals surface area contributed by atoms with Crippen molar-refractivity contribution in [2.45, 2.75) is 6.42 Å². The largest absolute Gasteiger partial charge is 0.497 e. The molecule has 1 aromatic carbocycles. The third-order valence-corrected chi connectivity index (χ3v) is 2.63. The summed E-state index contributed by atoms with van der Waals surface area (Å²) in [6, 6.07) is 7.40. The van der Waals surface area contributed by atoms with Crippen LogP contribution >= 0.6 is 0 Å². The van der Waals surface area contributed by atoms with Gasteiger partial charge < -0.3 is 19.7 Å². The summed E-state index contributed by atoms with van der Waals surface area (Å²) in [6.07, 6.45) is 0.666. The van der Waals surface area contributed by atoms with E-state index in [0.29, 0.717) is 18.7 Å². The van der Waals surface area contributed by atoms with Crippen LogP contribution in [-0.4, -0.2) is 25.9 Å². The third-order valence-electron chi connectivity index (χ3n) is 2.63. The number of hydrogen-bond donors (Lipinski definition) is 1. The minimum Gasteiger partial charge on any atom is -0.497 e. The molecule has 1 heterocycles. The van der Waals surface area contributed by atoms with Gasteiger partial charge in [0.05, 0.1) is 14.2 Å². The first-order valence-corrected chi connectivity index (χ1v) is 5.66. The van der Waals surface area contributed by atoms with Gasteiger partial charge in [0, 0.05) is 18.1 Å². The first-order valence-electron chi connectivity index (χ1n) is 5.66. The first-order chi connectivity index (χ1) is 8.78. The van der Waals surface area contributed by atoms with E-state index < -0.39 is 0 Å². The Morgan fingerprint density at radius 3 is 2.72 bits per heavy atom. The molecule has 0 saturated heterocycles. The second-order valence-electron chi connectivity index (χ2n) is 3.78. The highest BCUT2D eigenvalue weighted by Gasteiger charge is 2.12. The fraction of sp³-hybridized carbons (Fsp3) is 0.308. The van der Waals surface area contributed by atoms with E-state index in [9.17, 15) is 0 Å². The predicted molar refractivity (Wildman–Crippen MR) is 67.8 cm³/mol. The molecule has 0 atom stereocenters. The summed E-state index contributed by atoms with van der Waals surface area (Å²) in [5.41, 5.74) is 7.03. The van der Waals surface area contributed by atoms with Crippen molar-refractivity contribution >= 4 is 0 Å². The molecule has 0 aliphatic rings. The van der Waals surface area contributed by atoms with Crippen LogP contribution in [0.4, 0.5) is 0 Å². The number of ether oxygens (including phenoxy) is 2. The number of nitrogens with zero attached hydrogens (tertiary/aromatic N) is 1. The number of methoxy groups -OCH3 is 2. The number of hydrogen-bond acceptors (Lipinski definition) is 5. The number of nitrogens with two attached hydrogens (primary N) is 1. The van der Waals surface area contributed by atoms with Crippen molar-refractivity contribution in [1.29, 1.82) is 0 Å². The number of benzene rings is 1. The molecule has 2 aromatic rings. The van der Waals surface area contributed by atoms with Crippen LogP contribution in [-0.2, 0) is 6.42 Å². The smallest absolute Gasteiger partial charge is 0.138 e. The van der Waals surface area contributed by atoms with Crippen molar-refractivity contribution in [3.63, 3.8) is 0 Å². The van der Waals surface area contributed by atoms with Gasteiger partial charge in [-0.15, -0.1) is 0 Å². The Balaban J connectivity index is 2.40. The molecule has 0 bridgehead atoms.